The maximum absolute atomic E-state index is 12.5. The van der Waals surface area contributed by atoms with E-state index in [4.69, 9.17) is 23.2 Å². The Morgan fingerprint density at radius 3 is 2.76 bits per heavy atom. The van der Waals surface area contributed by atoms with E-state index >= 15 is 0 Å². The highest BCUT2D eigenvalue weighted by Gasteiger charge is 2.25. The number of benzene rings is 1. The molecule has 8 heteroatoms. The molecule has 1 aromatic rings. The van der Waals surface area contributed by atoms with Gasteiger partial charge in [-0.3, -0.25) is 0 Å². The van der Waals surface area contributed by atoms with E-state index in [-0.39, 0.29) is 16.0 Å². The predicted molar refractivity (Wildman–Crippen MR) is 89.9 cm³/mol. The van der Waals surface area contributed by atoms with Gasteiger partial charge in [-0.05, 0) is 37.8 Å². The Labute approximate surface area is 140 Å². The fourth-order valence-corrected chi connectivity index (χ4v) is 5.60. The first-order valence-corrected chi connectivity index (χ1v) is 10.1. The van der Waals surface area contributed by atoms with Crippen LogP contribution in [-0.2, 0) is 16.6 Å². The van der Waals surface area contributed by atoms with Crippen LogP contribution in [0.4, 0.5) is 0 Å². The van der Waals surface area contributed by atoms with Crippen LogP contribution in [0.1, 0.15) is 18.4 Å². The molecule has 0 bridgehead atoms. The maximum atomic E-state index is 12.5. The summed E-state index contributed by atoms with van der Waals surface area (Å²) in [5, 5.41) is 3.59. The second-order valence-electron chi connectivity index (χ2n) is 4.90. The molecule has 4 nitrogen and oxygen atoms in total. The van der Waals surface area contributed by atoms with Crippen molar-refractivity contribution in [2.75, 3.05) is 18.6 Å². The van der Waals surface area contributed by atoms with E-state index in [1.165, 1.54) is 6.07 Å². The molecule has 21 heavy (non-hydrogen) atoms. The van der Waals surface area contributed by atoms with Crippen LogP contribution in [0, 0.1) is 0 Å². The second-order valence-corrected chi connectivity index (χ2v) is 8.52. The molecule has 1 heterocycles. The number of hydrogen-bond donors (Lipinski definition) is 2. The summed E-state index contributed by atoms with van der Waals surface area (Å²) >= 11 is 14.1. The highest BCUT2D eigenvalue weighted by atomic mass is 35.5. The molecule has 1 unspecified atom stereocenters. The summed E-state index contributed by atoms with van der Waals surface area (Å²) in [5.41, 5.74) is 0.599. The van der Waals surface area contributed by atoms with Crippen molar-refractivity contribution in [3.05, 3.63) is 27.7 Å². The lowest BCUT2D eigenvalue weighted by molar-refractivity contribution is 0.543. The molecule has 0 spiro atoms. The summed E-state index contributed by atoms with van der Waals surface area (Å²) in [6.45, 7) is 0.417. The first kappa shape index (κ1) is 17.4. The van der Waals surface area contributed by atoms with Gasteiger partial charge in [0.25, 0.3) is 0 Å². The molecule has 1 atom stereocenters. The number of nitrogens with one attached hydrogen (secondary N) is 2. The number of sulfonamides is 1. The Hall–Kier alpha value is 0.0200. The van der Waals surface area contributed by atoms with Gasteiger partial charge in [-0.25, -0.2) is 13.1 Å². The lowest BCUT2D eigenvalue weighted by Gasteiger charge is -2.23. The minimum atomic E-state index is -3.63. The Balaban J connectivity index is 2.29. The van der Waals surface area contributed by atoms with Gasteiger partial charge in [-0.1, -0.05) is 23.2 Å². The van der Waals surface area contributed by atoms with Crippen LogP contribution in [0.25, 0.3) is 0 Å². The molecule has 1 aromatic carbocycles. The van der Waals surface area contributed by atoms with Crippen LogP contribution in [0.5, 0.6) is 0 Å². The first-order valence-electron chi connectivity index (χ1n) is 6.67. The Bertz CT molecular complexity index is 602. The van der Waals surface area contributed by atoms with E-state index in [0.717, 1.165) is 24.3 Å². The van der Waals surface area contributed by atoms with Gasteiger partial charge in [0.2, 0.25) is 10.0 Å². The summed E-state index contributed by atoms with van der Waals surface area (Å²) < 4.78 is 27.8. The monoisotopic (exact) mass is 368 g/mol. The highest BCUT2D eigenvalue weighted by molar-refractivity contribution is 7.99. The number of hydrogen-bond acceptors (Lipinski definition) is 4. The van der Waals surface area contributed by atoms with E-state index in [1.54, 1.807) is 24.9 Å². The fourth-order valence-electron chi connectivity index (χ4n) is 2.24. The van der Waals surface area contributed by atoms with Crippen LogP contribution >= 0.6 is 35.0 Å². The van der Waals surface area contributed by atoms with Gasteiger partial charge in [0.15, 0.2) is 0 Å². The van der Waals surface area contributed by atoms with Crippen molar-refractivity contribution in [2.45, 2.75) is 30.3 Å². The molecule has 0 amide bonds. The lowest BCUT2D eigenvalue weighted by Crippen LogP contribution is -2.38. The smallest absolute Gasteiger partial charge is 0.242 e. The predicted octanol–water partition coefficient (Wildman–Crippen LogP) is 2.89. The molecule has 2 rings (SSSR count). The third-order valence-corrected chi connectivity index (χ3v) is 6.95. The second kappa shape index (κ2) is 7.53. The Kier molecular flexibility index (Phi) is 6.23. The van der Waals surface area contributed by atoms with Crippen LogP contribution in [0.2, 0.25) is 10.0 Å². The Morgan fingerprint density at radius 1 is 1.38 bits per heavy atom. The van der Waals surface area contributed by atoms with Crippen LogP contribution in [0.3, 0.4) is 0 Å². The average Bonchev–Trinajstić information content (AvgIpc) is 2.43. The molecule has 1 fully saturated rings. The maximum Gasteiger partial charge on any atom is 0.242 e. The van der Waals surface area contributed by atoms with Crippen LogP contribution < -0.4 is 10.0 Å². The summed E-state index contributed by atoms with van der Waals surface area (Å²) in [6, 6.07) is 3.00. The van der Waals surface area contributed by atoms with Gasteiger partial charge >= 0.3 is 0 Å². The first-order chi connectivity index (χ1) is 9.95. The molecule has 2 N–H and O–H groups in total. The lowest BCUT2D eigenvalue weighted by atomic mass is 10.2. The molecule has 0 saturated carbocycles. The van der Waals surface area contributed by atoms with E-state index in [1.807, 2.05) is 0 Å². The molecule has 1 aliphatic rings. The summed E-state index contributed by atoms with van der Waals surface area (Å²) in [6.07, 6.45) is 1.89. The third-order valence-electron chi connectivity index (χ3n) is 3.28. The van der Waals surface area contributed by atoms with Crippen molar-refractivity contribution in [3.8, 4) is 0 Å². The normalized spacial score (nSPS) is 19.7. The van der Waals surface area contributed by atoms with Crippen molar-refractivity contribution >= 4 is 45.0 Å². The topological polar surface area (TPSA) is 58.2 Å². The summed E-state index contributed by atoms with van der Waals surface area (Å²) in [4.78, 5) is 0.0920. The number of thioether (sulfide) groups is 1. The van der Waals surface area contributed by atoms with Gasteiger partial charge in [-0.2, -0.15) is 11.8 Å². The van der Waals surface area contributed by atoms with E-state index in [0.29, 0.717) is 17.1 Å². The summed E-state index contributed by atoms with van der Waals surface area (Å²) in [7, 11) is -1.87. The zero-order valence-corrected chi connectivity index (χ0v) is 14.8. The van der Waals surface area contributed by atoms with Crippen molar-refractivity contribution < 1.29 is 8.42 Å². The molecular formula is C13H18Cl2N2O2S2. The van der Waals surface area contributed by atoms with Crippen LogP contribution in [0.15, 0.2) is 17.0 Å². The number of halogens is 2. The zero-order chi connectivity index (χ0) is 15.5. The standard InChI is InChI=1S/C13H18Cl2N2O2S2/c1-16-7-10-11(14)4-5-12(13(10)15)21(18,19)17-9-3-2-6-20-8-9/h4-5,9,16-17H,2-3,6-8H2,1H3. The molecule has 0 aromatic heterocycles. The van der Waals surface area contributed by atoms with Crippen molar-refractivity contribution in [2.24, 2.45) is 0 Å². The molecule has 1 saturated heterocycles. The van der Waals surface area contributed by atoms with Crippen molar-refractivity contribution in [1.29, 1.82) is 0 Å². The van der Waals surface area contributed by atoms with Crippen LogP contribution in [-0.4, -0.2) is 33.0 Å². The molecule has 118 valence electrons. The minimum Gasteiger partial charge on any atom is -0.316 e. The van der Waals surface area contributed by atoms with Gasteiger partial charge in [0.05, 0.1) is 5.02 Å². The Morgan fingerprint density at radius 2 is 2.14 bits per heavy atom. The molecular weight excluding hydrogens is 351 g/mol. The van der Waals surface area contributed by atoms with Gasteiger partial charge < -0.3 is 5.32 Å². The van der Waals surface area contributed by atoms with Gasteiger partial charge in [-0.15, -0.1) is 0 Å². The van der Waals surface area contributed by atoms with Crippen molar-refractivity contribution in [3.63, 3.8) is 0 Å². The fraction of sp³-hybridized carbons (Fsp3) is 0.538. The van der Waals surface area contributed by atoms with Gasteiger partial charge in [0.1, 0.15) is 4.90 Å². The van der Waals surface area contributed by atoms with E-state index < -0.39 is 10.0 Å². The molecule has 0 aliphatic carbocycles. The van der Waals surface area contributed by atoms with Gasteiger partial charge in [0, 0.05) is 28.9 Å². The molecule has 0 radical (unpaired) electrons. The average molecular weight is 369 g/mol. The largest absolute Gasteiger partial charge is 0.316 e. The molecule has 1 aliphatic heterocycles. The SMILES string of the molecule is CNCc1c(Cl)ccc(S(=O)(=O)NC2CCCSC2)c1Cl. The number of rotatable bonds is 5. The third kappa shape index (κ3) is 4.27. The quantitative estimate of drug-likeness (QED) is 0.838. The minimum absolute atomic E-state index is 0.0340. The highest BCUT2D eigenvalue weighted by Crippen LogP contribution is 2.31. The van der Waals surface area contributed by atoms with E-state index in [2.05, 4.69) is 10.0 Å². The summed E-state index contributed by atoms with van der Waals surface area (Å²) in [5.74, 6) is 1.89. The van der Waals surface area contributed by atoms with E-state index in [9.17, 15) is 8.42 Å². The zero-order valence-electron chi connectivity index (χ0n) is 11.7. The van der Waals surface area contributed by atoms with Crippen molar-refractivity contribution in [1.82, 2.24) is 10.0 Å².